The van der Waals surface area contributed by atoms with E-state index >= 15 is 0 Å². The molecule has 5 heteroatoms. The number of nitrogens with one attached hydrogen (secondary N) is 1. The van der Waals surface area contributed by atoms with Crippen molar-refractivity contribution < 1.29 is 5.11 Å². The lowest BCUT2D eigenvalue weighted by Crippen LogP contribution is -2.18. The predicted octanol–water partition coefficient (Wildman–Crippen LogP) is 5.44. The van der Waals surface area contributed by atoms with E-state index in [1.54, 1.807) is 0 Å². The normalized spacial score (nSPS) is 16.8. The van der Waals surface area contributed by atoms with Crippen molar-refractivity contribution in [2.75, 3.05) is 11.1 Å². The molecule has 0 radical (unpaired) electrons. The summed E-state index contributed by atoms with van der Waals surface area (Å²) in [7, 11) is 0. The Morgan fingerprint density at radius 1 is 1.00 bits per heavy atom. The van der Waals surface area contributed by atoms with Gasteiger partial charge in [-0.15, -0.1) is 0 Å². The molecule has 5 nitrogen and oxygen atoms in total. The van der Waals surface area contributed by atoms with Gasteiger partial charge < -0.3 is 16.2 Å². The number of aryl methyl sites for hydroxylation is 3. The van der Waals surface area contributed by atoms with E-state index in [1.807, 2.05) is 36.4 Å². The van der Waals surface area contributed by atoms with Gasteiger partial charge in [0.05, 0.1) is 17.1 Å². The number of nitrogens with zero attached hydrogens (tertiary/aromatic N) is 2. The molecule has 0 aliphatic heterocycles. The van der Waals surface area contributed by atoms with Gasteiger partial charge in [0.25, 0.3) is 0 Å². The first-order valence-electron chi connectivity index (χ1n) is 12.0. The first kappa shape index (κ1) is 21.0. The monoisotopic (exact) mass is 428 g/mol. The largest absolute Gasteiger partial charge is 0.399 e. The second kappa shape index (κ2) is 9.29. The molecule has 0 saturated heterocycles. The summed E-state index contributed by atoms with van der Waals surface area (Å²) in [5, 5.41) is 14.1. The van der Waals surface area contributed by atoms with Crippen molar-refractivity contribution in [3.63, 3.8) is 0 Å². The van der Waals surface area contributed by atoms with Crippen LogP contribution >= 0.6 is 0 Å². The van der Waals surface area contributed by atoms with Crippen LogP contribution in [0.1, 0.15) is 67.3 Å². The molecule has 1 aromatic heterocycles. The minimum Gasteiger partial charge on any atom is -0.399 e. The summed E-state index contributed by atoms with van der Waals surface area (Å²) in [6, 6.07) is 15.8. The molecule has 3 aromatic rings. The SMILES string of the molecule is Nc1ccc2c(c1)CCc1nc(NC(O)c3ccccc3)c(CCC3CCCCC3)nc1-2. The zero-order chi connectivity index (χ0) is 21.9. The minimum atomic E-state index is -0.812. The standard InChI is InChI=1S/C27H32N4O/c28-21-13-14-22-20(17-21)12-16-23-25(22)29-24(15-11-18-7-3-1-4-8-18)26(30-23)31-27(32)19-9-5-2-6-10-19/h2,5-6,9-10,13-14,17-18,27,32H,1,3-4,7-8,11-12,15-16,28H2,(H,30,31). The Morgan fingerprint density at radius 3 is 2.62 bits per heavy atom. The molecule has 2 aliphatic carbocycles. The van der Waals surface area contributed by atoms with Crippen LogP contribution in [0.25, 0.3) is 11.3 Å². The van der Waals surface area contributed by atoms with E-state index in [1.165, 1.54) is 37.7 Å². The molecule has 166 valence electrons. The van der Waals surface area contributed by atoms with Crippen LogP contribution in [-0.2, 0) is 19.3 Å². The number of aliphatic hydroxyl groups is 1. The number of hydrogen-bond donors (Lipinski definition) is 3. The number of nitrogen functional groups attached to an aromatic ring is 1. The summed E-state index contributed by atoms with van der Waals surface area (Å²) >= 11 is 0. The molecule has 1 unspecified atom stereocenters. The fraction of sp³-hybridized carbons (Fsp3) is 0.407. The van der Waals surface area contributed by atoms with Crippen molar-refractivity contribution in [1.29, 1.82) is 0 Å². The number of benzene rings is 2. The van der Waals surface area contributed by atoms with Gasteiger partial charge in [0.1, 0.15) is 5.82 Å². The van der Waals surface area contributed by atoms with Crippen molar-refractivity contribution >= 4 is 11.5 Å². The molecule has 0 spiro atoms. The molecule has 4 N–H and O–H groups in total. The molecule has 1 fully saturated rings. The van der Waals surface area contributed by atoms with E-state index in [2.05, 4.69) is 17.4 Å². The quantitative estimate of drug-likeness (QED) is 0.360. The molecule has 2 aliphatic rings. The van der Waals surface area contributed by atoms with E-state index in [-0.39, 0.29) is 0 Å². The highest BCUT2D eigenvalue weighted by atomic mass is 16.3. The minimum absolute atomic E-state index is 0.717. The number of hydrogen-bond acceptors (Lipinski definition) is 5. The third-order valence-corrected chi connectivity index (χ3v) is 6.96. The number of nitrogens with two attached hydrogens (primary N) is 1. The van der Waals surface area contributed by atoms with Gasteiger partial charge >= 0.3 is 0 Å². The van der Waals surface area contributed by atoms with Gasteiger partial charge in [0, 0.05) is 16.8 Å². The molecule has 32 heavy (non-hydrogen) atoms. The van der Waals surface area contributed by atoms with Crippen molar-refractivity contribution in [3.8, 4) is 11.3 Å². The predicted molar refractivity (Wildman–Crippen MR) is 129 cm³/mol. The lowest BCUT2D eigenvalue weighted by atomic mass is 9.85. The number of fused-ring (bicyclic) bond motifs is 3. The summed E-state index contributed by atoms with van der Waals surface area (Å²) in [5.41, 5.74) is 12.9. The summed E-state index contributed by atoms with van der Waals surface area (Å²) in [4.78, 5) is 10.1. The van der Waals surface area contributed by atoms with Crippen molar-refractivity contribution in [2.45, 2.75) is 64.0 Å². The molecule has 0 amide bonds. The lowest BCUT2D eigenvalue weighted by Gasteiger charge is -2.24. The Hall–Kier alpha value is -2.92. The maximum Gasteiger partial charge on any atom is 0.151 e. The number of anilines is 2. The van der Waals surface area contributed by atoms with Crippen molar-refractivity contribution in [2.24, 2.45) is 5.92 Å². The summed E-state index contributed by atoms with van der Waals surface area (Å²) in [6.07, 6.45) is 9.60. The molecule has 1 atom stereocenters. The van der Waals surface area contributed by atoms with Gasteiger partial charge in [-0.25, -0.2) is 9.97 Å². The fourth-order valence-electron chi connectivity index (χ4n) is 5.15. The Balaban J connectivity index is 1.47. The Labute approximate surface area is 190 Å². The molecule has 1 heterocycles. The van der Waals surface area contributed by atoms with Crippen molar-refractivity contribution in [1.82, 2.24) is 9.97 Å². The van der Waals surface area contributed by atoms with Crippen LogP contribution in [0.4, 0.5) is 11.5 Å². The molecule has 0 bridgehead atoms. The molecule has 2 aromatic carbocycles. The molecular weight excluding hydrogens is 396 g/mol. The topological polar surface area (TPSA) is 84.1 Å². The second-order valence-electron chi connectivity index (χ2n) is 9.23. The van der Waals surface area contributed by atoms with E-state index in [0.717, 1.165) is 71.3 Å². The second-order valence-corrected chi connectivity index (χ2v) is 9.23. The Morgan fingerprint density at radius 2 is 1.81 bits per heavy atom. The highest BCUT2D eigenvalue weighted by molar-refractivity contribution is 5.72. The molecule has 5 rings (SSSR count). The van der Waals surface area contributed by atoms with Gasteiger partial charge in [-0.1, -0.05) is 68.5 Å². The van der Waals surface area contributed by atoms with E-state index in [9.17, 15) is 5.11 Å². The van der Waals surface area contributed by atoms with E-state index in [4.69, 9.17) is 15.7 Å². The zero-order valence-electron chi connectivity index (χ0n) is 18.6. The molecular formula is C27H32N4O. The Bertz CT molecular complexity index is 1080. The van der Waals surface area contributed by atoms with Gasteiger partial charge in [-0.05, 0) is 49.3 Å². The highest BCUT2D eigenvalue weighted by Crippen LogP contribution is 2.35. The van der Waals surface area contributed by atoms with Crippen LogP contribution in [0.15, 0.2) is 48.5 Å². The highest BCUT2D eigenvalue weighted by Gasteiger charge is 2.23. The summed E-state index contributed by atoms with van der Waals surface area (Å²) < 4.78 is 0. The van der Waals surface area contributed by atoms with Crippen LogP contribution < -0.4 is 11.1 Å². The van der Waals surface area contributed by atoms with Crippen LogP contribution in [0.3, 0.4) is 0 Å². The van der Waals surface area contributed by atoms with Gasteiger partial charge in [-0.2, -0.15) is 0 Å². The average molecular weight is 429 g/mol. The zero-order valence-corrected chi connectivity index (χ0v) is 18.6. The number of rotatable bonds is 6. The van der Waals surface area contributed by atoms with Gasteiger partial charge in [-0.3, -0.25) is 0 Å². The summed E-state index contributed by atoms with van der Waals surface area (Å²) in [6.45, 7) is 0. The fourth-order valence-corrected chi connectivity index (χ4v) is 5.15. The average Bonchev–Trinajstić information content (AvgIpc) is 2.83. The van der Waals surface area contributed by atoms with Crippen LogP contribution in [-0.4, -0.2) is 15.1 Å². The number of aliphatic hydroxyl groups excluding tert-OH is 1. The van der Waals surface area contributed by atoms with E-state index < -0.39 is 6.23 Å². The Kier molecular flexibility index (Phi) is 6.08. The third-order valence-electron chi connectivity index (χ3n) is 6.96. The smallest absolute Gasteiger partial charge is 0.151 e. The van der Waals surface area contributed by atoms with Crippen molar-refractivity contribution in [3.05, 3.63) is 71.0 Å². The first-order chi connectivity index (χ1) is 15.7. The first-order valence-corrected chi connectivity index (χ1v) is 12.0. The van der Waals surface area contributed by atoms with Crippen LogP contribution in [0, 0.1) is 5.92 Å². The van der Waals surface area contributed by atoms with Gasteiger partial charge in [0.15, 0.2) is 6.23 Å². The maximum atomic E-state index is 10.8. The van der Waals surface area contributed by atoms with Crippen LogP contribution in [0.2, 0.25) is 0 Å². The van der Waals surface area contributed by atoms with Gasteiger partial charge in [0.2, 0.25) is 0 Å². The third kappa shape index (κ3) is 4.49. The number of aromatic nitrogens is 2. The summed E-state index contributed by atoms with van der Waals surface area (Å²) in [5.74, 6) is 1.48. The maximum absolute atomic E-state index is 10.8. The molecule has 1 saturated carbocycles. The lowest BCUT2D eigenvalue weighted by molar-refractivity contribution is 0.207. The van der Waals surface area contributed by atoms with Crippen LogP contribution in [0.5, 0.6) is 0 Å². The van der Waals surface area contributed by atoms with E-state index in [0.29, 0.717) is 0 Å².